The minimum atomic E-state index is -0.0197. The van der Waals surface area contributed by atoms with Crippen LogP contribution in [0.25, 0.3) is 0 Å². The van der Waals surface area contributed by atoms with Crippen molar-refractivity contribution in [3.05, 3.63) is 0 Å². The molecule has 4 fully saturated rings. The molecule has 0 aromatic rings. The molecule has 0 radical (unpaired) electrons. The lowest BCUT2D eigenvalue weighted by atomic mass is 9.44. The van der Waals surface area contributed by atoms with E-state index in [1.165, 1.54) is 57.9 Å². The second-order valence-electron chi connectivity index (χ2n) is 12.2. The Hall–Kier alpha value is -0.120. The average molecular weight is 405 g/mol. The first kappa shape index (κ1) is 22.1. The third kappa shape index (κ3) is 3.94. The number of aliphatic hydroxyl groups is 1. The second-order valence-corrected chi connectivity index (χ2v) is 12.2. The second kappa shape index (κ2) is 8.43. The van der Waals surface area contributed by atoms with E-state index in [1.54, 1.807) is 0 Å². The molecule has 9 atom stereocenters. The summed E-state index contributed by atoms with van der Waals surface area (Å²) in [6.45, 7) is 10.1. The van der Waals surface area contributed by atoms with Crippen LogP contribution in [-0.4, -0.2) is 49.3 Å². The Morgan fingerprint density at radius 2 is 1.69 bits per heavy atom. The molecule has 0 aliphatic heterocycles. The molecule has 3 nitrogen and oxygen atoms in total. The van der Waals surface area contributed by atoms with E-state index in [1.807, 2.05) is 0 Å². The van der Waals surface area contributed by atoms with E-state index in [9.17, 15) is 5.11 Å². The smallest absolute Gasteiger partial charge is 0.0543 e. The predicted molar refractivity (Wildman–Crippen MR) is 122 cm³/mol. The van der Waals surface area contributed by atoms with Gasteiger partial charge in [0, 0.05) is 6.04 Å². The molecular formula is C26H48N2O. The van der Waals surface area contributed by atoms with Gasteiger partial charge < -0.3 is 15.3 Å². The van der Waals surface area contributed by atoms with Gasteiger partial charge in [0.15, 0.2) is 0 Å². The monoisotopic (exact) mass is 404 g/mol. The van der Waals surface area contributed by atoms with Gasteiger partial charge in [-0.3, -0.25) is 0 Å². The van der Waals surface area contributed by atoms with Gasteiger partial charge in [-0.1, -0.05) is 13.8 Å². The van der Waals surface area contributed by atoms with Gasteiger partial charge in [-0.25, -0.2) is 0 Å². The van der Waals surface area contributed by atoms with Crippen LogP contribution >= 0.6 is 0 Å². The molecule has 0 heterocycles. The summed E-state index contributed by atoms with van der Waals surface area (Å²) in [5, 5.41) is 14.2. The molecule has 0 saturated heterocycles. The molecule has 29 heavy (non-hydrogen) atoms. The largest absolute Gasteiger partial charge is 0.393 e. The number of rotatable bonds is 6. The molecule has 4 rings (SSSR count). The van der Waals surface area contributed by atoms with E-state index < -0.39 is 0 Å². The summed E-state index contributed by atoms with van der Waals surface area (Å²) in [6.07, 6.45) is 13.3. The molecule has 168 valence electrons. The van der Waals surface area contributed by atoms with Crippen LogP contribution in [-0.2, 0) is 0 Å². The Labute approximate surface area is 180 Å². The summed E-state index contributed by atoms with van der Waals surface area (Å²) in [7, 11) is 4.35. The van der Waals surface area contributed by atoms with Crippen molar-refractivity contribution in [3.63, 3.8) is 0 Å². The summed E-state index contributed by atoms with van der Waals surface area (Å²) in [5.74, 6) is 4.46. The third-order valence-electron chi connectivity index (χ3n) is 10.6. The standard InChI is InChI=1S/C26H48N2O/c1-18(27-15-6-16-28(4)5)22-9-10-23-21-8-7-19-17-20(29)11-13-25(19,2)24(21)12-14-26(22,23)3/h18-24,27,29H,6-17H2,1-5H3/t18?,19?,20?,21-,22+,23-,24-,25-,26+/m0/s1. The third-order valence-corrected chi connectivity index (χ3v) is 10.6. The SMILES string of the molecule is CC(NCCCN(C)C)[C@H]1CC[C@H]2[C@@H]3CCC4CC(O)CC[C@]4(C)[C@H]3CC[C@]12C. The van der Waals surface area contributed by atoms with Crippen molar-refractivity contribution in [2.24, 2.45) is 40.4 Å². The number of nitrogens with zero attached hydrogens (tertiary/aromatic N) is 1. The van der Waals surface area contributed by atoms with Crippen molar-refractivity contribution < 1.29 is 5.11 Å². The van der Waals surface area contributed by atoms with E-state index in [2.05, 4.69) is 45.1 Å². The number of hydrogen-bond donors (Lipinski definition) is 2. The minimum absolute atomic E-state index is 0.0197. The molecule has 4 aliphatic carbocycles. The van der Waals surface area contributed by atoms with E-state index in [0.717, 1.165) is 49.0 Å². The van der Waals surface area contributed by atoms with Gasteiger partial charge >= 0.3 is 0 Å². The lowest BCUT2D eigenvalue weighted by Crippen LogP contribution is -2.55. The first-order chi connectivity index (χ1) is 13.8. The van der Waals surface area contributed by atoms with Crippen LogP contribution in [0.4, 0.5) is 0 Å². The highest BCUT2D eigenvalue weighted by Crippen LogP contribution is 2.67. The molecule has 3 unspecified atom stereocenters. The fraction of sp³-hybridized carbons (Fsp3) is 1.00. The van der Waals surface area contributed by atoms with Gasteiger partial charge in [-0.2, -0.15) is 0 Å². The van der Waals surface area contributed by atoms with Crippen LogP contribution in [0, 0.1) is 40.4 Å². The Morgan fingerprint density at radius 1 is 0.966 bits per heavy atom. The van der Waals surface area contributed by atoms with Crippen LogP contribution < -0.4 is 5.32 Å². The highest BCUT2D eigenvalue weighted by molar-refractivity contribution is 5.10. The minimum Gasteiger partial charge on any atom is -0.393 e. The van der Waals surface area contributed by atoms with Crippen LogP contribution in [0.1, 0.15) is 85.0 Å². The maximum atomic E-state index is 10.3. The lowest BCUT2D eigenvalue weighted by molar-refractivity contribution is -0.127. The zero-order valence-electron chi connectivity index (χ0n) is 19.9. The predicted octanol–water partition coefficient (Wildman–Crippen LogP) is 4.94. The summed E-state index contributed by atoms with van der Waals surface area (Å²) in [4.78, 5) is 2.29. The van der Waals surface area contributed by atoms with Gasteiger partial charge in [-0.15, -0.1) is 0 Å². The van der Waals surface area contributed by atoms with Crippen molar-refractivity contribution in [2.45, 2.75) is 97.1 Å². The zero-order valence-corrected chi connectivity index (χ0v) is 19.9. The number of fused-ring (bicyclic) bond motifs is 5. The first-order valence-corrected chi connectivity index (χ1v) is 12.8. The number of aliphatic hydroxyl groups excluding tert-OH is 1. The number of hydrogen-bond acceptors (Lipinski definition) is 3. The Bertz CT molecular complexity index is 565. The highest BCUT2D eigenvalue weighted by Gasteiger charge is 2.60. The summed E-state index contributed by atoms with van der Waals surface area (Å²) >= 11 is 0. The van der Waals surface area contributed by atoms with E-state index >= 15 is 0 Å². The van der Waals surface area contributed by atoms with Crippen LogP contribution in [0.5, 0.6) is 0 Å². The van der Waals surface area contributed by atoms with Crippen molar-refractivity contribution in [1.82, 2.24) is 10.2 Å². The molecular weight excluding hydrogens is 356 g/mol. The molecule has 0 spiro atoms. The van der Waals surface area contributed by atoms with E-state index in [0.29, 0.717) is 16.9 Å². The zero-order chi connectivity index (χ0) is 20.8. The lowest BCUT2D eigenvalue weighted by Gasteiger charge is -2.61. The highest BCUT2D eigenvalue weighted by atomic mass is 16.3. The molecule has 4 aliphatic rings. The van der Waals surface area contributed by atoms with Gasteiger partial charge in [0.25, 0.3) is 0 Å². The van der Waals surface area contributed by atoms with Gasteiger partial charge in [-0.05, 0) is 139 Å². The molecule has 0 bridgehead atoms. The fourth-order valence-corrected chi connectivity index (χ4v) is 8.96. The van der Waals surface area contributed by atoms with Crippen LogP contribution in [0.2, 0.25) is 0 Å². The quantitative estimate of drug-likeness (QED) is 0.616. The first-order valence-electron chi connectivity index (χ1n) is 12.8. The maximum Gasteiger partial charge on any atom is 0.0543 e. The Kier molecular flexibility index (Phi) is 6.42. The van der Waals surface area contributed by atoms with E-state index in [-0.39, 0.29) is 6.10 Å². The Morgan fingerprint density at radius 3 is 2.45 bits per heavy atom. The summed E-state index contributed by atoms with van der Waals surface area (Å²) in [6, 6.07) is 0.653. The molecule has 0 aromatic heterocycles. The van der Waals surface area contributed by atoms with Crippen molar-refractivity contribution in [3.8, 4) is 0 Å². The van der Waals surface area contributed by atoms with E-state index in [4.69, 9.17) is 0 Å². The van der Waals surface area contributed by atoms with Gasteiger partial charge in [0.2, 0.25) is 0 Å². The van der Waals surface area contributed by atoms with Crippen molar-refractivity contribution in [1.29, 1.82) is 0 Å². The summed E-state index contributed by atoms with van der Waals surface area (Å²) in [5.41, 5.74) is 1.06. The maximum absolute atomic E-state index is 10.3. The molecule has 2 N–H and O–H groups in total. The molecule has 4 saturated carbocycles. The average Bonchev–Trinajstić information content (AvgIpc) is 3.03. The number of nitrogens with one attached hydrogen (secondary N) is 1. The molecule has 0 aromatic carbocycles. The van der Waals surface area contributed by atoms with Crippen LogP contribution in [0.15, 0.2) is 0 Å². The molecule has 3 heteroatoms. The van der Waals surface area contributed by atoms with Gasteiger partial charge in [0.1, 0.15) is 0 Å². The van der Waals surface area contributed by atoms with Crippen LogP contribution in [0.3, 0.4) is 0 Å². The van der Waals surface area contributed by atoms with Gasteiger partial charge in [0.05, 0.1) is 6.10 Å². The molecule has 0 amide bonds. The fourth-order valence-electron chi connectivity index (χ4n) is 8.96. The normalized spacial score (nSPS) is 48.1. The Balaban J connectivity index is 1.42. The topological polar surface area (TPSA) is 35.5 Å². The van der Waals surface area contributed by atoms with Crippen molar-refractivity contribution in [2.75, 3.05) is 27.2 Å². The van der Waals surface area contributed by atoms with Crippen molar-refractivity contribution >= 4 is 0 Å². The summed E-state index contributed by atoms with van der Waals surface area (Å²) < 4.78 is 0.